The van der Waals surface area contributed by atoms with E-state index in [0.717, 1.165) is 12.1 Å². The van der Waals surface area contributed by atoms with Crippen LogP contribution < -0.4 is 10.1 Å². The largest absolute Gasteiger partial charge is 0.432 e. The van der Waals surface area contributed by atoms with E-state index in [4.69, 9.17) is 0 Å². The number of carbonyl (C=O) groups is 1. The summed E-state index contributed by atoms with van der Waals surface area (Å²) in [7, 11) is 0. The van der Waals surface area contributed by atoms with Crippen LogP contribution in [-0.4, -0.2) is 22.5 Å². The highest BCUT2D eigenvalue weighted by Crippen LogP contribution is 2.20. The van der Waals surface area contributed by atoms with Crippen LogP contribution in [0.3, 0.4) is 0 Å². The topological polar surface area (TPSA) is 67.0 Å². The number of benzene rings is 1. The molecule has 1 heterocycles. The van der Waals surface area contributed by atoms with Gasteiger partial charge in [0, 0.05) is 12.4 Å². The van der Waals surface area contributed by atoms with Crippen molar-refractivity contribution in [3.8, 4) is 5.75 Å². The number of amides is 1. The Balaban J connectivity index is 1.95. The standard InChI is InChI=1S/C14H14F3N3O2/c1-8(13-18-4-5-19-13)20-12(21)7-9-2-3-11(10(15)6-9)22-14(16)17/h2-6,8,14H,7H2,1H3,(H,18,19)(H,20,21)/t8-/m1/s1. The fraction of sp³-hybridized carbons (Fsp3) is 0.286. The fourth-order valence-corrected chi connectivity index (χ4v) is 1.91. The summed E-state index contributed by atoms with van der Waals surface area (Å²) < 4.78 is 41.6. The van der Waals surface area contributed by atoms with E-state index in [1.54, 1.807) is 19.3 Å². The third kappa shape index (κ3) is 4.24. The number of aromatic nitrogens is 2. The molecule has 0 aliphatic rings. The Morgan fingerprint density at radius 2 is 2.23 bits per heavy atom. The van der Waals surface area contributed by atoms with Crippen molar-refractivity contribution in [1.82, 2.24) is 15.3 Å². The molecule has 0 saturated carbocycles. The lowest BCUT2D eigenvalue weighted by Crippen LogP contribution is -2.28. The number of alkyl halides is 2. The minimum absolute atomic E-state index is 0.0864. The van der Waals surface area contributed by atoms with E-state index in [9.17, 15) is 18.0 Å². The van der Waals surface area contributed by atoms with Crippen molar-refractivity contribution in [2.45, 2.75) is 26.0 Å². The van der Waals surface area contributed by atoms with Crippen LogP contribution in [0.5, 0.6) is 5.75 Å². The van der Waals surface area contributed by atoms with Crippen LogP contribution >= 0.6 is 0 Å². The minimum atomic E-state index is -3.10. The maximum atomic E-state index is 13.5. The highest BCUT2D eigenvalue weighted by atomic mass is 19.3. The second-order valence-corrected chi connectivity index (χ2v) is 4.58. The number of halogens is 3. The molecular formula is C14H14F3N3O2. The smallest absolute Gasteiger partial charge is 0.387 e. The van der Waals surface area contributed by atoms with Crippen LogP contribution in [0.2, 0.25) is 0 Å². The molecule has 0 aliphatic heterocycles. The van der Waals surface area contributed by atoms with Gasteiger partial charge >= 0.3 is 6.61 Å². The molecule has 1 atom stereocenters. The minimum Gasteiger partial charge on any atom is -0.432 e. The van der Waals surface area contributed by atoms with Gasteiger partial charge in [-0.05, 0) is 24.6 Å². The van der Waals surface area contributed by atoms with E-state index in [1.165, 1.54) is 6.07 Å². The maximum absolute atomic E-state index is 13.5. The normalized spacial score (nSPS) is 12.2. The summed E-state index contributed by atoms with van der Waals surface area (Å²) in [5.74, 6) is -1.24. The average Bonchev–Trinajstić information content (AvgIpc) is 2.95. The lowest BCUT2D eigenvalue weighted by atomic mass is 10.1. The molecule has 2 rings (SSSR count). The summed E-state index contributed by atoms with van der Waals surface area (Å²) in [5, 5.41) is 2.69. The Bertz CT molecular complexity index is 632. The number of carbonyl (C=O) groups excluding carboxylic acids is 1. The van der Waals surface area contributed by atoms with Crippen molar-refractivity contribution in [1.29, 1.82) is 0 Å². The fourth-order valence-electron chi connectivity index (χ4n) is 1.91. The Hall–Kier alpha value is -2.51. The molecule has 2 N–H and O–H groups in total. The van der Waals surface area contributed by atoms with Crippen molar-refractivity contribution in [3.63, 3.8) is 0 Å². The monoisotopic (exact) mass is 313 g/mol. The molecule has 118 valence electrons. The quantitative estimate of drug-likeness (QED) is 0.861. The molecule has 8 heteroatoms. The first-order chi connectivity index (χ1) is 10.5. The van der Waals surface area contributed by atoms with E-state index in [2.05, 4.69) is 20.0 Å². The van der Waals surface area contributed by atoms with Crippen molar-refractivity contribution >= 4 is 5.91 Å². The summed E-state index contributed by atoms with van der Waals surface area (Å²) in [6, 6.07) is 3.10. The predicted octanol–water partition coefficient (Wildman–Crippen LogP) is 2.57. The first kappa shape index (κ1) is 15.9. The number of hydrogen-bond donors (Lipinski definition) is 2. The Morgan fingerprint density at radius 1 is 1.45 bits per heavy atom. The number of ether oxygens (including phenoxy) is 1. The molecule has 0 saturated heterocycles. The molecule has 0 radical (unpaired) electrons. The van der Waals surface area contributed by atoms with Gasteiger partial charge < -0.3 is 15.0 Å². The van der Waals surface area contributed by atoms with Crippen LogP contribution in [0.1, 0.15) is 24.4 Å². The number of hydrogen-bond acceptors (Lipinski definition) is 3. The van der Waals surface area contributed by atoms with Crippen LogP contribution in [-0.2, 0) is 11.2 Å². The first-order valence-electron chi connectivity index (χ1n) is 6.47. The second-order valence-electron chi connectivity index (χ2n) is 4.58. The molecule has 0 fully saturated rings. The number of rotatable bonds is 6. The summed E-state index contributed by atoms with van der Waals surface area (Å²) in [6.45, 7) is -1.35. The molecule has 22 heavy (non-hydrogen) atoms. The van der Waals surface area contributed by atoms with Gasteiger partial charge in [0.25, 0.3) is 0 Å². The number of imidazole rings is 1. The van der Waals surface area contributed by atoms with Gasteiger partial charge in [-0.3, -0.25) is 4.79 Å². The highest BCUT2D eigenvalue weighted by Gasteiger charge is 2.14. The SMILES string of the molecule is C[C@@H](NC(=O)Cc1ccc(OC(F)F)c(F)c1)c1ncc[nH]1. The van der Waals surface area contributed by atoms with Crippen LogP contribution in [0.25, 0.3) is 0 Å². The van der Waals surface area contributed by atoms with Gasteiger partial charge in [-0.1, -0.05) is 6.07 Å². The summed E-state index contributed by atoms with van der Waals surface area (Å²) in [5.41, 5.74) is 0.350. The number of nitrogens with zero attached hydrogens (tertiary/aromatic N) is 1. The average molecular weight is 313 g/mol. The Kier molecular flexibility index (Phi) is 5.03. The molecule has 2 aromatic rings. The zero-order chi connectivity index (χ0) is 16.1. The molecule has 5 nitrogen and oxygen atoms in total. The third-order valence-corrected chi connectivity index (χ3v) is 2.88. The summed E-state index contributed by atoms with van der Waals surface area (Å²) in [6.07, 6.45) is 3.11. The Morgan fingerprint density at radius 3 is 2.82 bits per heavy atom. The second kappa shape index (κ2) is 6.97. The van der Waals surface area contributed by atoms with Crippen LogP contribution in [0.15, 0.2) is 30.6 Å². The van der Waals surface area contributed by atoms with Gasteiger partial charge in [0.2, 0.25) is 5.91 Å². The number of H-pyrrole nitrogens is 1. The van der Waals surface area contributed by atoms with Gasteiger partial charge in [-0.2, -0.15) is 8.78 Å². The Labute approximate surface area is 124 Å². The number of aromatic amines is 1. The van der Waals surface area contributed by atoms with E-state index < -0.39 is 18.2 Å². The van der Waals surface area contributed by atoms with Crippen LogP contribution in [0.4, 0.5) is 13.2 Å². The lowest BCUT2D eigenvalue weighted by Gasteiger charge is -2.12. The van der Waals surface area contributed by atoms with Crippen molar-refractivity contribution in [3.05, 3.63) is 47.8 Å². The van der Waals surface area contributed by atoms with E-state index in [-0.39, 0.29) is 18.4 Å². The predicted molar refractivity (Wildman–Crippen MR) is 71.9 cm³/mol. The molecule has 1 aromatic carbocycles. The zero-order valence-electron chi connectivity index (χ0n) is 11.6. The molecule has 0 unspecified atom stereocenters. The van der Waals surface area contributed by atoms with Crippen LogP contribution in [0, 0.1) is 5.82 Å². The molecule has 1 amide bonds. The van der Waals surface area contributed by atoms with E-state index in [0.29, 0.717) is 11.4 Å². The highest BCUT2D eigenvalue weighted by molar-refractivity contribution is 5.78. The van der Waals surface area contributed by atoms with Gasteiger partial charge in [0.05, 0.1) is 12.5 Å². The van der Waals surface area contributed by atoms with Gasteiger partial charge in [0.1, 0.15) is 5.82 Å². The molecule has 0 spiro atoms. The van der Waals surface area contributed by atoms with E-state index >= 15 is 0 Å². The van der Waals surface area contributed by atoms with Gasteiger partial charge in [-0.15, -0.1) is 0 Å². The van der Waals surface area contributed by atoms with Crippen molar-refractivity contribution in [2.75, 3.05) is 0 Å². The third-order valence-electron chi connectivity index (χ3n) is 2.88. The first-order valence-corrected chi connectivity index (χ1v) is 6.47. The molecule has 0 aliphatic carbocycles. The summed E-state index contributed by atoms with van der Waals surface area (Å²) >= 11 is 0. The van der Waals surface area contributed by atoms with Gasteiger partial charge in [0.15, 0.2) is 11.6 Å². The van der Waals surface area contributed by atoms with Crippen molar-refractivity contribution in [2.24, 2.45) is 0 Å². The zero-order valence-corrected chi connectivity index (χ0v) is 11.6. The maximum Gasteiger partial charge on any atom is 0.387 e. The van der Waals surface area contributed by atoms with Gasteiger partial charge in [-0.25, -0.2) is 9.37 Å². The van der Waals surface area contributed by atoms with E-state index in [1.807, 2.05) is 0 Å². The molecular weight excluding hydrogens is 299 g/mol. The lowest BCUT2D eigenvalue weighted by molar-refractivity contribution is -0.121. The van der Waals surface area contributed by atoms with Crippen molar-refractivity contribution < 1.29 is 22.7 Å². The number of nitrogens with one attached hydrogen (secondary N) is 2. The molecule has 0 bridgehead atoms. The summed E-state index contributed by atoms with van der Waals surface area (Å²) in [4.78, 5) is 18.7. The molecule has 1 aromatic heterocycles.